The van der Waals surface area contributed by atoms with E-state index in [-0.39, 0.29) is 0 Å². The lowest BCUT2D eigenvalue weighted by Gasteiger charge is -2.15. The van der Waals surface area contributed by atoms with E-state index in [4.69, 9.17) is 0 Å². The number of thioether (sulfide) groups is 1. The van der Waals surface area contributed by atoms with E-state index in [2.05, 4.69) is 41.5 Å². The first-order valence-electron chi connectivity index (χ1n) is 6.03. The topological polar surface area (TPSA) is 24.9 Å². The molecule has 0 aliphatic carbocycles. The summed E-state index contributed by atoms with van der Waals surface area (Å²) in [7, 11) is 0. The Kier molecular flexibility index (Phi) is 2.93. The molecule has 2 aromatic rings. The standard InChI is InChI=1S/C14H16N2S/c1-10-8-14(16-11-6-7-17-9-11)12-4-2-3-5-13(12)15-10/h2-5,8,11H,6-7,9H2,1H3,(H,15,16). The molecule has 88 valence electrons. The van der Waals surface area contributed by atoms with Crippen molar-refractivity contribution >= 4 is 28.4 Å². The summed E-state index contributed by atoms with van der Waals surface area (Å²) < 4.78 is 0. The molecule has 0 amide bonds. The van der Waals surface area contributed by atoms with Gasteiger partial charge in [-0.25, -0.2) is 0 Å². The van der Waals surface area contributed by atoms with Crippen LogP contribution in [0.25, 0.3) is 10.9 Å². The molecule has 0 bridgehead atoms. The van der Waals surface area contributed by atoms with Crippen molar-refractivity contribution in [2.24, 2.45) is 0 Å². The van der Waals surface area contributed by atoms with Gasteiger partial charge in [-0.15, -0.1) is 0 Å². The molecule has 1 saturated heterocycles. The smallest absolute Gasteiger partial charge is 0.0725 e. The lowest BCUT2D eigenvalue weighted by molar-refractivity contribution is 0.814. The quantitative estimate of drug-likeness (QED) is 0.875. The Balaban J connectivity index is 2.01. The number of rotatable bonds is 2. The molecule has 1 unspecified atom stereocenters. The van der Waals surface area contributed by atoms with Crippen molar-refractivity contribution in [3.63, 3.8) is 0 Å². The van der Waals surface area contributed by atoms with Crippen molar-refractivity contribution in [2.75, 3.05) is 16.8 Å². The Hall–Kier alpha value is -1.22. The highest BCUT2D eigenvalue weighted by molar-refractivity contribution is 7.99. The number of aromatic nitrogens is 1. The third kappa shape index (κ3) is 2.25. The van der Waals surface area contributed by atoms with Crippen molar-refractivity contribution in [1.29, 1.82) is 0 Å². The number of fused-ring (bicyclic) bond motifs is 1. The molecule has 3 heteroatoms. The molecular weight excluding hydrogens is 228 g/mol. The molecule has 0 spiro atoms. The predicted molar refractivity (Wildman–Crippen MR) is 75.8 cm³/mol. The van der Waals surface area contributed by atoms with Crippen LogP contribution in [0.4, 0.5) is 5.69 Å². The predicted octanol–water partition coefficient (Wildman–Crippen LogP) is 3.46. The zero-order chi connectivity index (χ0) is 11.7. The van der Waals surface area contributed by atoms with Crippen LogP contribution >= 0.6 is 11.8 Å². The fraction of sp³-hybridized carbons (Fsp3) is 0.357. The first-order valence-corrected chi connectivity index (χ1v) is 7.19. The van der Waals surface area contributed by atoms with Crippen LogP contribution in [-0.4, -0.2) is 22.5 Å². The van der Waals surface area contributed by atoms with E-state index < -0.39 is 0 Å². The number of pyridine rings is 1. The molecule has 2 nitrogen and oxygen atoms in total. The van der Waals surface area contributed by atoms with Crippen molar-refractivity contribution in [3.05, 3.63) is 36.0 Å². The summed E-state index contributed by atoms with van der Waals surface area (Å²) >= 11 is 2.03. The van der Waals surface area contributed by atoms with Crippen LogP contribution in [0.5, 0.6) is 0 Å². The van der Waals surface area contributed by atoms with E-state index in [9.17, 15) is 0 Å². The Morgan fingerprint density at radius 2 is 2.24 bits per heavy atom. The van der Waals surface area contributed by atoms with Gasteiger partial charge in [-0.05, 0) is 31.2 Å². The van der Waals surface area contributed by atoms with Crippen molar-refractivity contribution < 1.29 is 0 Å². The van der Waals surface area contributed by atoms with E-state index in [1.54, 1.807) is 0 Å². The molecule has 1 N–H and O–H groups in total. The van der Waals surface area contributed by atoms with Gasteiger partial charge in [0.2, 0.25) is 0 Å². The first-order chi connectivity index (χ1) is 8.33. The van der Waals surface area contributed by atoms with E-state index in [1.807, 2.05) is 17.8 Å². The summed E-state index contributed by atoms with van der Waals surface area (Å²) in [6.07, 6.45) is 1.26. The van der Waals surface area contributed by atoms with Gasteiger partial charge in [-0.1, -0.05) is 18.2 Å². The van der Waals surface area contributed by atoms with Crippen molar-refractivity contribution in [1.82, 2.24) is 4.98 Å². The number of hydrogen-bond donors (Lipinski definition) is 1. The number of aryl methyl sites for hydroxylation is 1. The largest absolute Gasteiger partial charge is 0.381 e. The zero-order valence-corrected chi connectivity index (χ0v) is 10.8. The van der Waals surface area contributed by atoms with Crippen LogP contribution in [0.15, 0.2) is 30.3 Å². The van der Waals surface area contributed by atoms with Gasteiger partial charge in [0.1, 0.15) is 0 Å². The number of nitrogens with one attached hydrogen (secondary N) is 1. The second kappa shape index (κ2) is 4.57. The van der Waals surface area contributed by atoms with Crippen molar-refractivity contribution in [2.45, 2.75) is 19.4 Å². The molecule has 1 aliphatic rings. The molecule has 3 rings (SSSR count). The van der Waals surface area contributed by atoms with Gasteiger partial charge < -0.3 is 5.32 Å². The Bertz CT molecular complexity index is 533. The van der Waals surface area contributed by atoms with Gasteiger partial charge >= 0.3 is 0 Å². The Labute approximate surface area is 106 Å². The Morgan fingerprint density at radius 1 is 1.35 bits per heavy atom. The van der Waals surface area contributed by atoms with Gasteiger partial charge in [0.15, 0.2) is 0 Å². The van der Waals surface area contributed by atoms with E-state index in [0.717, 1.165) is 11.2 Å². The molecule has 1 fully saturated rings. The van der Waals surface area contributed by atoms with E-state index in [1.165, 1.54) is 29.0 Å². The van der Waals surface area contributed by atoms with Crippen LogP contribution in [0.3, 0.4) is 0 Å². The second-order valence-corrected chi connectivity index (χ2v) is 5.68. The van der Waals surface area contributed by atoms with Crippen molar-refractivity contribution in [3.8, 4) is 0 Å². The average Bonchev–Trinajstić information content (AvgIpc) is 2.81. The zero-order valence-electron chi connectivity index (χ0n) is 9.94. The first kappa shape index (κ1) is 10.9. The minimum absolute atomic E-state index is 0.616. The summed E-state index contributed by atoms with van der Waals surface area (Å²) in [6, 6.07) is 11.1. The fourth-order valence-corrected chi connectivity index (χ4v) is 3.45. The lowest BCUT2D eigenvalue weighted by atomic mass is 10.1. The summed E-state index contributed by atoms with van der Waals surface area (Å²) in [6.45, 7) is 2.06. The number of benzene rings is 1. The number of anilines is 1. The third-order valence-corrected chi connectivity index (χ3v) is 4.30. The average molecular weight is 244 g/mol. The van der Waals surface area contributed by atoms with Crippen LogP contribution in [0.2, 0.25) is 0 Å². The van der Waals surface area contributed by atoms with E-state index in [0.29, 0.717) is 6.04 Å². The molecule has 2 heterocycles. The molecule has 1 aromatic carbocycles. The second-order valence-electron chi connectivity index (χ2n) is 4.53. The number of para-hydroxylation sites is 1. The van der Waals surface area contributed by atoms with Gasteiger partial charge in [-0.2, -0.15) is 11.8 Å². The monoisotopic (exact) mass is 244 g/mol. The summed E-state index contributed by atoms with van der Waals surface area (Å²) in [5, 5.41) is 4.90. The van der Waals surface area contributed by atoms with Gasteiger partial charge in [0, 0.05) is 28.6 Å². The van der Waals surface area contributed by atoms with Crippen LogP contribution in [0.1, 0.15) is 12.1 Å². The summed E-state index contributed by atoms with van der Waals surface area (Å²) in [5.41, 5.74) is 3.40. The summed E-state index contributed by atoms with van der Waals surface area (Å²) in [5.74, 6) is 2.50. The minimum atomic E-state index is 0.616. The maximum Gasteiger partial charge on any atom is 0.0725 e. The van der Waals surface area contributed by atoms with Gasteiger partial charge in [0.05, 0.1) is 5.52 Å². The molecule has 1 aromatic heterocycles. The maximum atomic E-state index is 4.57. The SMILES string of the molecule is Cc1cc(NC2CCSC2)c2ccccc2n1. The number of nitrogens with zero attached hydrogens (tertiary/aromatic N) is 1. The molecule has 1 atom stereocenters. The van der Waals surface area contributed by atoms with Crippen LogP contribution in [0, 0.1) is 6.92 Å². The minimum Gasteiger partial charge on any atom is -0.381 e. The van der Waals surface area contributed by atoms with Gasteiger partial charge in [0.25, 0.3) is 0 Å². The van der Waals surface area contributed by atoms with Crippen LogP contribution in [-0.2, 0) is 0 Å². The van der Waals surface area contributed by atoms with Gasteiger partial charge in [-0.3, -0.25) is 4.98 Å². The molecule has 0 radical (unpaired) electrons. The molecule has 0 saturated carbocycles. The highest BCUT2D eigenvalue weighted by Gasteiger charge is 2.16. The molecule has 1 aliphatic heterocycles. The molecular formula is C14H16N2S. The van der Waals surface area contributed by atoms with E-state index >= 15 is 0 Å². The lowest BCUT2D eigenvalue weighted by Crippen LogP contribution is -2.18. The maximum absolute atomic E-state index is 4.57. The fourth-order valence-electron chi connectivity index (χ4n) is 2.30. The summed E-state index contributed by atoms with van der Waals surface area (Å²) in [4.78, 5) is 4.57. The highest BCUT2D eigenvalue weighted by Crippen LogP contribution is 2.27. The molecule has 17 heavy (non-hydrogen) atoms. The van der Waals surface area contributed by atoms with Crippen LogP contribution < -0.4 is 5.32 Å². The number of hydrogen-bond acceptors (Lipinski definition) is 3. The normalized spacial score (nSPS) is 19.7. The Morgan fingerprint density at radius 3 is 3.06 bits per heavy atom. The highest BCUT2D eigenvalue weighted by atomic mass is 32.2. The third-order valence-electron chi connectivity index (χ3n) is 3.13.